The number of rotatable bonds is 1. The van der Waals surface area contributed by atoms with E-state index in [4.69, 9.17) is 5.73 Å². The van der Waals surface area contributed by atoms with Crippen molar-refractivity contribution in [2.24, 2.45) is 5.73 Å². The molecule has 0 aromatic carbocycles. The maximum Gasteiger partial charge on any atom is 0.409 e. The minimum atomic E-state index is -4.22. The summed E-state index contributed by atoms with van der Waals surface area (Å²) in [7, 11) is 0. The van der Waals surface area contributed by atoms with Crippen molar-refractivity contribution in [2.75, 3.05) is 6.54 Å². The third-order valence-electron chi connectivity index (χ3n) is 0.732. The van der Waals surface area contributed by atoms with Crippen LogP contribution in [0.25, 0.3) is 0 Å². The number of allylic oxidation sites excluding steroid dienone is 1. The Balaban J connectivity index is 3.95. The number of hydrogen-bond donors (Lipinski definition) is 1. The molecule has 1 nitrogen and oxygen atoms in total. The molecule has 0 amide bonds. The molecule has 0 unspecified atom stereocenters. The van der Waals surface area contributed by atoms with Gasteiger partial charge in [-0.25, -0.2) is 0 Å². The molecule has 0 saturated heterocycles. The Morgan fingerprint density at radius 3 is 2.11 bits per heavy atom. The molecule has 0 aliphatic carbocycles. The zero-order chi connectivity index (χ0) is 7.49. The zero-order valence-electron chi connectivity index (χ0n) is 5.00. The van der Waals surface area contributed by atoms with Crippen molar-refractivity contribution in [2.45, 2.75) is 13.1 Å². The highest BCUT2D eigenvalue weighted by molar-refractivity contribution is 5.02. The van der Waals surface area contributed by atoms with Gasteiger partial charge in [0.1, 0.15) is 0 Å². The molecule has 54 valence electrons. The van der Waals surface area contributed by atoms with Gasteiger partial charge in [-0.2, -0.15) is 13.2 Å². The van der Waals surface area contributed by atoms with E-state index < -0.39 is 6.18 Å². The Morgan fingerprint density at radius 2 is 2.00 bits per heavy atom. The molecule has 9 heavy (non-hydrogen) atoms. The fourth-order valence-electron chi connectivity index (χ4n) is 0.338. The van der Waals surface area contributed by atoms with Crippen LogP contribution < -0.4 is 5.73 Å². The zero-order valence-corrected chi connectivity index (χ0v) is 5.00. The summed E-state index contributed by atoms with van der Waals surface area (Å²) in [6, 6.07) is 0. The van der Waals surface area contributed by atoms with Gasteiger partial charge in [0.2, 0.25) is 0 Å². The van der Waals surface area contributed by atoms with Crippen molar-refractivity contribution in [1.82, 2.24) is 0 Å². The van der Waals surface area contributed by atoms with Gasteiger partial charge in [0.15, 0.2) is 0 Å². The monoisotopic (exact) mass is 139 g/mol. The van der Waals surface area contributed by atoms with Gasteiger partial charge in [-0.15, -0.1) is 0 Å². The third kappa shape index (κ3) is 5.36. The van der Waals surface area contributed by atoms with Crippen LogP contribution in [0, 0.1) is 0 Å². The third-order valence-corrected chi connectivity index (χ3v) is 0.732. The first-order valence-corrected chi connectivity index (χ1v) is 2.41. The van der Waals surface area contributed by atoms with Crippen LogP contribution in [0.5, 0.6) is 0 Å². The molecule has 0 aromatic heterocycles. The first-order chi connectivity index (χ1) is 3.95. The molecule has 0 radical (unpaired) electrons. The van der Waals surface area contributed by atoms with Crippen LogP contribution in [0.2, 0.25) is 0 Å². The van der Waals surface area contributed by atoms with Gasteiger partial charge in [0, 0.05) is 12.6 Å². The highest BCUT2D eigenvalue weighted by Gasteiger charge is 2.22. The van der Waals surface area contributed by atoms with Gasteiger partial charge in [0.05, 0.1) is 0 Å². The maximum absolute atomic E-state index is 11.4. The van der Waals surface area contributed by atoms with Crippen LogP contribution in [-0.2, 0) is 0 Å². The van der Waals surface area contributed by atoms with Gasteiger partial charge in [-0.3, -0.25) is 0 Å². The summed E-state index contributed by atoms with van der Waals surface area (Å²) in [4.78, 5) is 0. The largest absolute Gasteiger partial charge is 0.409 e. The fraction of sp³-hybridized carbons (Fsp3) is 0.600. The standard InChI is InChI=1S/C5H8F3N/c1-4(3-9)2-5(6,7)8/h2H,3,9H2,1H3/b4-2+. The minimum Gasteiger partial charge on any atom is -0.327 e. The van der Waals surface area contributed by atoms with Crippen LogP contribution >= 0.6 is 0 Å². The molecule has 0 saturated carbocycles. The van der Waals surface area contributed by atoms with E-state index in [-0.39, 0.29) is 18.2 Å². The lowest BCUT2D eigenvalue weighted by Gasteiger charge is -1.99. The molecular weight excluding hydrogens is 131 g/mol. The maximum atomic E-state index is 11.4. The predicted molar refractivity (Wildman–Crippen MR) is 28.9 cm³/mol. The van der Waals surface area contributed by atoms with E-state index in [1.807, 2.05) is 0 Å². The van der Waals surface area contributed by atoms with Crippen LogP contribution in [0.4, 0.5) is 13.2 Å². The van der Waals surface area contributed by atoms with Crippen LogP contribution in [-0.4, -0.2) is 12.7 Å². The van der Waals surface area contributed by atoms with Crippen LogP contribution in [0.3, 0.4) is 0 Å². The van der Waals surface area contributed by atoms with Crippen molar-refractivity contribution in [3.8, 4) is 0 Å². The lowest BCUT2D eigenvalue weighted by Crippen LogP contribution is -2.07. The average Bonchev–Trinajstić information content (AvgIpc) is 1.62. The van der Waals surface area contributed by atoms with E-state index in [1.54, 1.807) is 0 Å². The molecule has 0 atom stereocenters. The molecule has 0 rings (SSSR count). The summed E-state index contributed by atoms with van der Waals surface area (Å²) in [5.41, 5.74) is 5.05. The fourth-order valence-corrected chi connectivity index (χ4v) is 0.338. The van der Waals surface area contributed by atoms with E-state index in [0.29, 0.717) is 0 Å². The second kappa shape index (κ2) is 2.87. The van der Waals surface area contributed by atoms with Crippen molar-refractivity contribution >= 4 is 0 Å². The van der Waals surface area contributed by atoms with Gasteiger partial charge in [0.25, 0.3) is 0 Å². The molecule has 0 fully saturated rings. The van der Waals surface area contributed by atoms with Gasteiger partial charge >= 0.3 is 6.18 Å². The molecule has 0 aliphatic rings. The van der Waals surface area contributed by atoms with Gasteiger partial charge in [-0.05, 0) is 6.92 Å². The van der Waals surface area contributed by atoms with Crippen molar-refractivity contribution in [3.63, 3.8) is 0 Å². The highest BCUT2D eigenvalue weighted by atomic mass is 19.4. The molecule has 2 N–H and O–H groups in total. The summed E-state index contributed by atoms with van der Waals surface area (Å²) in [5, 5.41) is 0. The summed E-state index contributed by atoms with van der Waals surface area (Å²) < 4.78 is 34.1. The van der Waals surface area contributed by atoms with Crippen molar-refractivity contribution < 1.29 is 13.2 Å². The Hall–Kier alpha value is -0.510. The van der Waals surface area contributed by atoms with E-state index >= 15 is 0 Å². The topological polar surface area (TPSA) is 26.0 Å². The normalized spacial score (nSPS) is 14.1. The van der Waals surface area contributed by atoms with E-state index in [1.165, 1.54) is 6.92 Å². The number of halogens is 3. The molecule has 0 aromatic rings. The Kier molecular flexibility index (Phi) is 2.70. The molecule has 0 aliphatic heterocycles. The van der Waals surface area contributed by atoms with E-state index in [2.05, 4.69) is 0 Å². The van der Waals surface area contributed by atoms with Crippen molar-refractivity contribution in [3.05, 3.63) is 11.6 Å². The molecule has 0 bridgehead atoms. The molecule has 0 heterocycles. The summed E-state index contributed by atoms with van der Waals surface area (Å²) >= 11 is 0. The van der Waals surface area contributed by atoms with Crippen LogP contribution in [0.15, 0.2) is 11.6 Å². The minimum absolute atomic E-state index is 0.0422. The van der Waals surface area contributed by atoms with Gasteiger partial charge in [-0.1, -0.05) is 5.57 Å². The highest BCUT2D eigenvalue weighted by Crippen LogP contribution is 2.17. The Morgan fingerprint density at radius 1 is 1.56 bits per heavy atom. The summed E-state index contributed by atoms with van der Waals surface area (Å²) in [6.07, 6.45) is -4.02. The average molecular weight is 139 g/mol. The number of alkyl halides is 3. The molecule has 0 spiro atoms. The second-order valence-electron chi connectivity index (χ2n) is 1.74. The molecular formula is C5H8F3N. The number of nitrogens with two attached hydrogens (primary N) is 1. The lowest BCUT2D eigenvalue weighted by molar-refractivity contribution is -0.0805. The number of hydrogen-bond acceptors (Lipinski definition) is 1. The lowest BCUT2D eigenvalue weighted by atomic mass is 10.3. The Bertz CT molecular complexity index is 114. The first-order valence-electron chi connectivity index (χ1n) is 2.41. The van der Waals surface area contributed by atoms with Gasteiger partial charge < -0.3 is 5.73 Å². The van der Waals surface area contributed by atoms with Crippen LogP contribution in [0.1, 0.15) is 6.92 Å². The van der Waals surface area contributed by atoms with E-state index in [9.17, 15) is 13.2 Å². The smallest absolute Gasteiger partial charge is 0.327 e. The summed E-state index contributed by atoms with van der Waals surface area (Å²) in [6.45, 7) is 1.30. The SMILES string of the molecule is C/C(=C\C(F)(F)F)CN. The quantitative estimate of drug-likeness (QED) is 0.547. The summed E-state index contributed by atoms with van der Waals surface area (Å²) in [5.74, 6) is 0. The van der Waals surface area contributed by atoms with Crippen molar-refractivity contribution in [1.29, 1.82) is 0 Å². The second-order valence-corrected chi connectivity index (χ2v) is 1.74. The Labute approximate surface area is 51.3 Å². The molecule has 4 heteroatoms. The van der Waals surface area contributed by atoms with E-state index in [0.717, 1.165) is 0 Å². The first kappa shape index (κ1) is 8.49. The predicted octanol–water partition coefficient (Wildman–Crippen LogP) is 1.45.